The molecule has 0 bridgehead atoms. The van der Waals surface area contributed by atoms with Crippen LogP contribution in [0.4, 0.5) is 0 Å². The summed E-state index contributed by atoms with van der Waals surface area (Å²) in [6, 6.07) is 0. The molecule has 1 unspecified atom stereocenters. The first-order valence-corrected chi connectivity index (χ1v) is 5.49. The molecule has 1 amide bonds. The van der Waals surface area contributed by atoms with Crippen LogP contribution in [0, 0.1) is 0 Å². The molecular formula is C10H20N2O3. The SMILES string of the molecule is CCCNCC(=O)NCC1COCCO1. The zero-order chi connectivity index (χ0) is 10.9. The van der Waals surface area contributed by atoms with Gasteiger partial charge in [-0.2, -0.15) is 0 Å². The van der Waals surface area contributed by atoms with Gasteiger partial charge in [-0.25, -0.2) is 0 Å². The first-order valence-electron chi connectivity index (χ1n) is 5.49. The van der Waals surface area contributed by atoms with Crippen LogP contribution < -0.4 is 10.6 Å². The van der Waals surface area contributed by atoms with Crippen molar-refractivity contribution in [3.8, 4) is 0 Å². The Morgan fingerprint density at radius 2 is 2.33 bits per heavy atom. The fourth-order valence-electron chi connectivity index (χ4n) is 1.32. The van der Waals surface area contributed by atoms with Gasteiger partial charge in [0.05, 0.1) is 32.5 Å². The lowest BCUT2D eigenvalue weighted by Gasteiger charge is -2.23. The van der Waals surface area contributed by atoms with Gasteiger partial charge in [0.2, 0.25) is 5.91 Å². The zero-order valence-corrected chi connectivity index (χ0v) is 9.25. The third-order valence-corrected chi connectivity index (χ3v) is 2.12. The van der Waals surface area contributed by atoms with Gasteiger partial charge in [0.1, 0.15) is 0 Å². The summed E-state index contributed by atoms with van der Waals surface area (Å²) in [7, 11) is 0. The lowest BCUT2D eigenvalue weighted by Crippen LogP contribution is -2.42. The predicted molar refractivity (Wildman–Crippen MR) is 56.7 cm³/mol. The van der Waals surface area contributed by atoms with Gasteiger partial charge in [-0.3, -0.25) is 4.79 Å². The molecule has 1 rings (SSSR count). The maximum atomic E-state index is 11.3. The molecule has 0 aliphatic carbocycles. The Morgan fingerprint density at radius 1 is 1.47 bits per heavy atom. The minimum absolute atomic E-state index is 0.00822. The Balaban J connectivity index is 2.00. The smallest absolute Gasteiger partial charge is 0.234 e. The number of rotatable bonds is 6. The Kier molecular flexibility index (Phi) is 6.31. The van der Waals surface area contributed by atoms with E-state index in [0.29, 0.717) is 32.9 Å². The third kappa shape index (κ3) is 5.71. The van der Waals surface area contributed by atoms with Crippen molar-refractivity contribution >= 4 is 5.91 Å². The fourth-order valence-corrected chi connectivity index (χ4v) is 1.32. The summed E-state index contributed by atoms with van der Waals surface area (Å²) >= 11 is 0. The summed E-state index contributed by atoms with van der Waals surface area (Å²) in [6.45, 7) is 5.70. The summed E-state index contributed by atoms with van der Waals surface area (Å²) < 4.78 is 10.6. The molecule has 1 saturated heterocycles. The molecule has 1 aliphatic heterocycles. The summed E-state index contributed by atoms with van der Waals surface area (Å²) in [5.74, 6) is 0.0117. The number of carbonyl (C=O) groups is 1. The van der Waals surface area contributed by atoms with Crippen LogP contribution in [0.1, 0.15) is 13.3 Å². The van der Waals surface area contributed by atoms with Gasteiger partial charge in [0, 0.05) is 6.54 Å². The number of hydrogen-bond acceptors (Lipinski definition) is 4. The van der Waals surface area contributed by atoms with Crippen LogP contribution in [0.15, 0.2) is 0 Å². The zero-order valence-electron chi connectivity index (χ0n) is 9.25. The van der Waals surface area contributed by atoms with Gasteiger partial charge < -0.3 is 20.1 Å². The summed E-state index contributed by atoms with van der Waals surface area (Å²) in [6.07, 6.45) is 1.04. The molecule has 15 heavy (non-hydrogen) atoms. The molecule has 88 valence electrons. The summed E-state index contributed by atoms with van der Waals surface area (Å²) in [5, 5.41) is 5.84. The predicted octanol–water partition coefficient (Wildman–Crippen LogP) is -0.482. The highest BCUT2D eigenvalue weighted by atomic mass is 16.6. The lowest BCUT2D eigenvalue weighted by atomic mass is 10.3. The van der Waals surface area contributed by atoms with E-state index in [2.05, 4.69) is 17.6 Å². The Bertz CT molecular complexity index is 182. The highest BCUT2D eigenvalue weighted by molar-refractivity contribution is 5.77. The van der Waals surface area contributed by atoms with Crippen molar-refractivity contribution in [3.63, 3.8) is 0 Å². The molecule has 1 fully saturated rings. The van der Waals surface area contributed by atoms with E-state index in [1.54, 1.807) is 0 Å². The first-order chi connectivity index (χ1) is 7.33. The average Bonchev–Trinajstić information content (AvgIpc) is 2.28. The second-order valence-corrected chi connectivity index (χ2v) is 3.55. The highest BCUT2D eigenvalue weighted by Gasteiger charge is 2.14. The topological polar surface area (TPSA) is 59.6 Å². The van der Waals surface area contributed by atoms with Crippen LogP contribution in [-0.2, 0) is 14.3 Å². The van der Waals surface area contributed by atoms with E-state index in [4.69, 9.17) is 9.47 Å². The van der Waals surface area contributed by atoms with Crippen LogP contribution in [0.5, 0.6) is 0 Å². The van der Waals surface area contributed by atoms with Crippen molar-refractivity contribution in [1.82, 2.24) is 10.6 Å². The molecule has 1 atom stereocenters. The van der Waals surface area contributed by atoms with Crippen molar-refractivity contribution < 1.29 is 14.3 Å². The van der Waals surface area contributed by atoms with E-state index in [1.165, 1.54) is 0 Å². The van der Waals surface area contributed by atoms with Crippen LogP contribution in [0.25, 0.3) is 0 Å². The Labute approximate surface area is 90.5 Å². The number of hydrogen-bond donors (Lipinski definition) is 2. The van der Waals surface area contributed by atoms with Gasteiger partial charge in [0.15, 0.2) is 0 Å². The van der Waals surface area contributed by atoms with Crippen LogP contribution in [-0.4, -0.2) is 51.5 Å². The quantitative estimate of drug-likeness (QED) is 0.589. The van der Waals surface area contributed by atoms with Crippen molar-refractivity contribution in [2.45, 2.75) is 19.4 Å². The molecule has 0 radical (unpaired) electrons. The second kappa shape index (κ2) is 7.62. The standard InChI is InChI=1S/C10H20N2O3/c1-2-3-11-7-10(13)12-6-9-8-14-4-5-15-9/h9,11H,2-8H2,1H3,(H,12,13). The van der Waals surface area contributed by atoms with E-state index in [0.717, 1.165) is 13.0 Å². The average molecular weight is 216 g/mol. The highest BCUT2D eigenvalue weighted by Crippen LogP contribution is 1.98. The van der Waals surface area contributed by atoms with Crippen molar-refractivity contribution in [2.24, 2.45) is 0 Å². The molecule has 2 N–H and O–H groups in total. The molecule has 0 aromatic rings. The van der Waals surface area contributed by atoms with Crippen LogP contribution in [0.2, 0.25) is 0 Å². The minimum Gasteiger partial charge on any atom is -0.376 e. The maximum Gasteiger partial charge on any atom is 0.234 e. The third-order valence-electron chi connectivity index (χ3n) is 2.12. The van der Waals surface area contributed by atoms with E-state index in [9.17, 15) is 4.79 Å². The molecule has 5 nitrogen and oxygen atoms in total. The van der Waals surface area contributed by atoms with Crippen molar-refractivity contribution in [2.75, 3.05) is 39.5 Å². The largest absolute Gasteiger partial charge is 0.376 e. The van der Waals surface area contributed by atoms with Crippen molar-refractivity contribution in [3.05, 3.63) is 0 Å². The van der Waals surface area contributed by atoms with Crippen LogP contribution >= 0.6 is 0 Å². The molecule has 5 heteroatoms. The minimum atomic E-state index is 0.00822. The summed E-state index contributed by atoms with van der Waals surface area (Å²) in [5.41, 5.74) is 0. The molecule has 1 heterocycles. The van der Waals surface area contributed by atoms with E-state index in [-0.39, 0.29) is 12.0 Å². The Hall–Kier alpha value is -0.650. The van der Waals surface area contributed by atoms with Crippen LogP contribution in [0.3, 0.4) is 0 Å². The molecule has 0 aromatic heterocycles. The first kappa shape index (κ1) is 12.4. The van der Waals surface area contributed by atoms with E-state index < -0.39 is 0 Å². The Morgan fingerprint density at radius 3 is 3.00 bits per heavy atom. The van der Waals surface area contributed by atoms with Gasteiger partial charge in [-0.1, -0.05) is 6.92 Å². The van der Waals surface area contributed by atoms with Crippen molar-refractivity contribution in [1.29, 1.82) is 0 Å². The fraction of sp³-hybridized carbons (Fsp3) is 0.900. The number of ether oxygens (including phenoxy) is 2. The number of carbonyl (C=O) groups excluding carboxylic acids is 1. The monoisotopic (exact) mass is 216 g/mol. The van der Waals surface area contributed by atoms with Gasteiger partial charge in [-0.15, -0.1) is 0 Å². The van der Waals surface area contributed by atoms with Gasteiger partial charge >= 0.3 is 0 Å². The lowest BCUT2D eigenvalue weighted by molar-refractivity contribution is -0.123. The van der Waals surface area contributed by atoms with Gasteiger partial charge in [0.25, 0.3) is 0 Å². The second-order valence-electron chi connectivity index (χ2n) is 3.55. The van der Waals surface area contributed by atoms with E-state index in [1.807, 2.05) is 0 Å². The molecule has 0 aromatic carbocycles. The maximum absolute atomic E-state index is 11.3. The molecule has 0 saturated carbocycles. The normalized spacial score (nSPS) is 21.3. The summed E-state index contributed by atoms with van der Waals surface area (Å²) in [4.78, 5) is 11.3. The number of amides is 1. The molecule has 0 spiro atoms. The van der Waals surface area contributed by atoms with Gasteiger partial charge in [-0.05, 0) is 13.0 Å². The number of nitrogens with one attached hydrogen (secondary N) is 2. The molecule has 1 aliphatic rings. The molecular weight excluding hydrogens is 196 g/mol. The van der Waals surface area contributed by atoms with E-state index >= 15 is 0 Å².